The molecule has 116 valence electrons. The molecule has 0 aliphatic heterocycles. The summed E-state index contributed by atoms with van der Waals surface area (Å²) in [6.07, 6.45) is 0. The van der Waals surface area contributed by atoms with Crippen molar-refractivity contribution in [3.05, 3.63) is 60.2 Å². The fraction of sp³-hybridized carbons (Fsp3) is 0.118. The molecule has 0 fully saturated rings. The predicted molar refractivity (Wildman–Crippen MR) is 92.6 cm³/mol. The minimum atomic E-state index is -0.214. The van der Waals surface area contributed by atoms with Gasteiger partial charge in [0.15, 0.2) is 0 Å². The number of nitrogens with zero attached hydrogens (tertiary/aromatic N) is 2. The number of aromatic amines is 1. The zero-order valence-corrected chi connectivity index (χ0v) is 13.4. The molecule has 0 atom stereocenters. The molecule has 6 heteroatoms. The lowest BCUT2D eigenvalue weighted by Gasteiger charge is -2.04. The molecule has 0 saturated carbocycles. The summed E-state index contributed by atoms with van der Waals surface area (Å²) in [7, 11) is 0. The minimum Gasteiger partial charge on any atom is -0.291 e. The SMILES string of the molecule is CCSc1n[nH]c(NC(=O)c2ccc(-c3ccccc3)cc2)n1. The first-order valence-electron chi connectivity index (χ1n) is 7.28. The number of amides is 1. The van der Waals surface area contributed by atoms with E-state index in [1.54, 1.807) is 12.1 Å². The zero-order valence-electron chi connectivity index (χ0n) is 12.6. The molecule has 0 radical (unpaired) electrons. The quantitative estimate of drug-likeness (QED) is 0.700. The van der Waals surface area contributed by atoms with Crippen LogP contribution in [0.3, 0.4) is 0 Å². The minimum absolute atomic E-state index is 0.214. The Labute approximate surface area is 138 Å². The van der Waals surface area contributed by atoms with Crippen molar-refractivity contribution in [1.29, 1.82) is 0 Å². The molecule has 2 aromatic carbocycles. The fourth-order valence-electron chi connectivity index (χ4n) is 2.12. The van der Waals surface area contributed by atoms with Crippen LogP contribution in [0, 0.1) is 0 Å². The molecular weight excluding hydrogens is 308 g/mol. The number of carbonyl (C=O) groups excluding carboxylic acids is 1. The molecule has 1 amide bonds. The van der Waals surface area contributed by atoms with Crippen LogP contribution in [0.5, 0.6) is 0 Å². The number of hydrogen-bond acceptors (Lipinski definition) is 4. The first-order chi connectivity index (χ1) is 11.3. The summed E-state index contributed by atoms with van der Waals surface area (Å²) in [5.41, 5.74) is 2.77. The van der Waals surface area contributed by atoms with Crippen LogP contribution in [0.4, 0.5) is 5.95 Å². The number of rotatable bonds is 5. The lowest BCUT2D eigenvalue weighted by atomic mass is 10.0. The predicted octanol–water partition coefficient (Wildman–Crippen LogP) is 3.84. The van der Waals surface area contributed by atoms with Crippen molar-refractivity contribution < 1.29 is 4.79 Å². The van der Waals surface area contributed by atoms with Gasteiger partial charge in [-0.05, 0) is 29.0 Å². The van der Waals surface area contributed by atoms with E-state index < -0.39 is 0 Å². The van der Waals surface area contributed by atoms with Crippen LogP contribution < -0.4 is 5.32 Å². The summed E-state index contributed by atoms with van der Waals surface area (Å²) in [4.78, 5) is 16.4. The molecule has 0 saturated heterocycles. The highest BCUT2D eigenvalue weighted by molar-refractivity contribution is 7.99. The van der Waals surface area contributed by atoms with E-state index in [9.17, 15) is 4.79 Å². The number of benzene rings is 2. The Balaban J connectivity index is 1.70. The highest BCUT2D eigenvalue weighted by Crippen LogP contribution is 2.19. The highest BCUT2D eigenvalue weighted by Gasteiger charge is 2.09. The first-order valence-corrected chi connectivity index (χ1v) is 8.27. The first kappa shape index (κ1) is 15.3. The van der Waals surface area contributed by atoms with E-state index >= 15 is 0 Å². The molecule has 0 aliphatic rings. The summed E-state index contributed by atoms with van der Waals surface area (Å²) in [6.45, 7) is 2.02. The lowest BCUT2D eigenvalue weighted by molar-refractivity contribution is 0.102. The van der Waals surface area contributed by atoms with Crippen LogP contribution in [0.15, 0.2) is 59.8 Å². The molecule has 23 heavy (non-hydrogen) atoms. The van der Waals surface area contributed by atoms with Crippen LogP contribution in [0.2, 0.25) is 0 Å². The highest BCUT2D eigenvalue weighted by atomic mass is 32.2. The summed E-state index contributed by atoms with van der Waals surface area (Å²) in [6, 6.07) is 17.5. The topological polar surface area (TPSA) is 70.7 Å². The van der Waals surface area contributed by atoms with E-state index in [4.69, 9.17) is 0 Å². The monoisotopic (exact) mass is 324 g/mol. The number of carbonyl (C=O) groups is 1. The summed E-state index contributed by atoms with van der Waals surface area (Å²) in [5.74, 6) is 1.03. The van der Waals surface area contributed by atoms with Crippen molar-refractivity contribution in [2.24, 2.45) is 0 Å². The Morgan fingerprint density at radius 3 is 2.48 bits per heavy atom. The Hall–Kier alpha value is -2.60. The Kier molecular flexibility index (Phi) is 4.73. The average Bonchev–Trinajstić information content (AvgIpc) is 3.03. The van der Waals surface area contributed by atoms with Crippen molar-refractivity contribution in [3.63, 3.8) is 0 Å². The van der Waals surface area contributed by atoms with Gasteiger partial charge in [-0.3, -0.25) is 10.1 Å². The van der Waals surface area contributed by atoms with Gasteiger partial charge in [-0.1, -0.05) is 61.2 Å². The van der Waals surface area contributed by atoms with Crippen molar-refractivity contribution in [2.45, 2.75) is 12.1 Å². The van der Waals surface area contributed by atoms with Crippen LogP contribution in [0.25, 0.3) is 11.1 Å². The van der Waals surface area contributed by atoms with E-state index in [2.05, 4.69) is 20.5 Å². The summed E-state index contributed by atoms with van der Waals surface area (Å²) in [5, 5.41) is 10.1. The van der Waals surface area contributed by atoms with E-state index in [0.717, 1.165) is 16.9 Å². The fourth-order valence-corrected chi connectivity index (χ4v) is 2.64. The van der Waals surface area contributed by atoms with Gasteiger partial charge in [-0.15, -0.1) is 5.10 Å². The molecule has 5 nitrogen and oxygen atoms in total. The third-order valence-corrected chi connectivity index (χ3v) is 3.95. The number of hydrogen-bond donors (Lipinski definition) is 2. The molecule has 0 spiro atoms. The van der Waals surface area contributed by atoms with Crippen molar-refractivity contribution in [2.75, 3.05) is 11.1 Å². The van der Waals surface area contributed by atoms with Gasteiger partial charge >= 0.3 is 0 Å². The molecule has 3 rings (SSSR count). The van der Waals surface area contributed by atoms with E-state index in [0.29, 0.717) is 16.7 Å². The van der Waals surface area contributed by atoms with Gasteiger partial charge in [0.25, 0.3) is 5.91 Å². The molecule has 1 aromatic heterocycles. The largest absolute Gasteiger partial charge is 0.291 e. The molecule has 0 aliphatic carbocycles. The zero-order chi connectivity index (χ0) is 16.1. The van der Waals surface area contributed by atoms with E-state index in [-0.39, 0.29) is 5.91 Å². The third-order valence-electron chi connectivity index (χ3n) is 3.22. The van der Waals surface area contributed by atoms with Gasteiger partial charge in [0, 0.05) is 5.56 Å². The maximum atomic E-state index is 12.2. The Morgan fingerprint density at radius 2 is 1.78 bits per heavy atom. The van der Waals surface area contributed by atoms with Crippen LogP contribution in [-0.4, -0.2) is 26.8 Å². The molecule has 0 unspecified atom stereocenters. The van der Waals surface area contributed by atoms with Crippen molar-refractivity contribution in [3.8, 4) is 11.1 Å². The maximum absolute atomic E-state index is 12.2. The third kappa shape index (κ3) is 3.78. The van der Waals surface area contributed by atoms with Gasteiger partial charge in [0.05, 0.1) is 0 Å². The molecule has 1 heterocycles. The van der Waals surface area contributed by atoms with Gasteiger partial charge < -0.3 is 0 Å². The molecule has 2 N–H and O–H groups in total. The number of thioether (sulfide) groups is 1. The second kappa shape index (κ2) is 7.11. The Bertz CT molecular complexity index is 784. The van der Waals surface area contributed by atoms with Crippen molar-refractivity contribution >= 4 is 23.6 Å². The molecule has 3 aromatic rings. The van der Waals surface area contributed by atoms with E-state index in [1.165, 1.54) is 11.8 Å². The normalized spacial score (nSPS) is 10.5. The average molecular weight is 324 g/mol. The van der Waals surface area contributed by atoms with Gasteiger partial charge in [-0.25, -0.2) is 5.10 Å². The molecular formula is C17H16N4OS. The van der Waals surface area contributed by atoms with Gasteiger partial charge in [-0.2, -0.15) is 4.98 Å². The Morgan fingerprint density at radius 1 is 1.09 bits per heavy atom. The number of H-pyrrole nitrogens is 1. The number of aromatic nitrogens is 3. The number of anilines is 1. The standard InChI is InChI=1S/C17H16N4OS/c1-2-23-17-19-16(20-21-17)18-15(22)14-10-8-13(9-11-14)12-6-4-3-5-7-12/h3-11H,2H2,1H3,(H2,18,19,20,21,22). The van der Waals surface area contributed by atoms with Crippen LogP contribution >= 0.6 is 11.8 Å². The van der Waals surface area contributed by atoms with Gasteiger partial charge in [0.2, 0.25) is 11.1 Å². The maximum Gasteiger partial charge on any atom is 0.258 e. The number of nitrogens with one attached hydrogen (secondary N) is 2. The smallest absolute Gasteiger partial charge is 0.258 e. The summed E-state index contributed by atoms with van der Waals surface area (Å²) < 4.78 is 0. The van der Waals surface area contributed by atoms with Gasteiger partial charge in [0.1, 0.15) is 0 Å². The van der Waals surface area contributed by atoms with E-state index in [1.807, 2.05) is 49.4 Å². The second-order valence-electron chi connectivity index (χ2n) is 4.80. The van der Waals surface area contributed by atoms with Crippen LogP contribution in [0.1, 0.15) is 17.3 Å². The van der Waals surface area contributed by atoms with Crippen LogP contribution in [-0.2, 0) is 0 Å². The lowest BCUT2D eigenvalue weighted by Crippen LogP contribution is -2.12. The summed E-state index contributed by atoms with van der Waals surface area (Å²) >= 11 is 1.51. The molecule has 0 bridgehead atoms. The van der Waals surface area contributed by atoms with Crippen molar-refractivity contribution in [1.82, 2.24) is 15.2 Å². The second-order valence-corrected chi connectivity index (χ2v) is 6.03.